The Kier molecular flexibility index (Phi) is 7.90. The van der Waals surface area contributed by atoms with Crippen LogP contribution >= 0.6 is 0 Å². The largest absolute Gasteiger partial charge is 0.379 e. The SMILES string of the molecule is CCN(C)/C=C1/N=CC(N[C@@H](C)c2cccc(NC(=O)CC3(C)C=CC(F)=CC3)c2)=CC1C.[HH].[HH]. The summed E-state index contributed by atoms with van der Waals surface area (Å²) in [5.41, 5.74) is 3.48. The molecule has 6 heteroatoms. The highest BCUT2D eigenvalue weighted by atomic mass is 19.1. The number of amides is 1. The molecule has 0 saturated carbocycles. The summed E-state index contributed by atoms with van der Waals surface area (Å²) in [6.45, 7) is 9.25. The third-order valence-corrected chi connectivity index (χ3v) is 6.13. The van der Waals surface area contributed by atoms with Crippen LogP contribution in [0.1, 0.15) is 55.0 Å². The van der Waals surface area contributed by atoms with Gasteiger partial charge in [0.1, 0.15) is 5.83 Å². The van der Waals surface area contributed by atoms with Crippen LogP contribution in [-0.4, -0.2) is 30.6 Å². The van der Waals surface area contributed by atoms with Crippen LogP contribution in [0, 0.1) is 11.3 Å². The fourth-order valence-electron chi connectivity index (χ4n) is 3.88. The summed E-state index contributed by atoms with van der Waals surface area (Å²) >= 11 is 0. The highest BCUT2D eigenvalue weighted by Crippen LogP contribution is 2.33. The van der Waals surface area contributed by atoms with Gasteiger partial charge in [0.05, 0.1) is 11.9 Å². The number of allylic oxidation sites excluding steroid dienone is 6. The standard InChI is InChI=1S/C27H35FN4O.2H2/c1-6-32(5)18-25-19(2)14-24(17-29-25)30-20(3)21-8-7-9-23(15-21)31-26(33)16-27(4)12-10-22(28)11-13-27;;/h7-12,14-15,17-20,30H,6,13,16H2,1-5H3,(H,31,33);2*1H/b25-18+;;/t19?,20-,27?;;/m0../s1. The number of anilines is 1. The molecule has 5 nitrogen and oxygen atoms in total. The second kappa shape index (κ2) is 10.6. The number of dihydropyridines is 1. The van der Waals surface area contributed by atoms with Crippen LogP contribution in [0.25, 0.3) is 0 Å². The van der Waals surface area contributed by atoms with Gasteiger partial charge in [0.2, 0.25) is 5.91 Å². The zero-order valence-electron chi connectivity index (χ0n) is 20.2. The molecule has 2 unspecified atom stereocenters. The van der Waals surface area contributed by atoms with Crippen molar-refractivity contribution < 1.29 is 12.0 Å². The minimum Gasteiger partial charge on any atom is -0.379 e. The Morgan fingerprint density at radius 2 is 2.24 bits per heavy atom. The third-order valence-electron chi connectivity index (χ3n) is 6.13. The molecule has 1 aromatic rings. The van der Waals surface area contributed by atoms with Crippen molar-refractivity contribution in [3.8, 4) is 0 Å². The van der Waals surface area contributed by atoms with E-state index in [2.05, 4.69) is 53.6 Å². The monoisotopic (exact) mass is 454 g/mol. The summed E-state index contributed by atoms with van der Waals surface area (Å²) < 4.78 is 13.3. The van der Waals surface area contributed by atoms with Gasteiger partial charge in [-0.15, -0.1) is 0 Å². The minimum atomic E-state index is -0.366. The normalized spacial score (nSPS) is 24.2. The predicted octanol–water partition coefficient (Wildman–Crippen LogP) is 6.37. The van der Waals surface area contributed by atoms with E-state index >= 15 is 0 Å². The number of halogens is 1. The zero-order chi connectivity index (χ0) is 24.0. The van der Waals surface area contributed by atoms with Crippen LogP contribution < -0.4 is 10.6 Å². The van der Waals surface area contributed by atoms with E-state index in [4.69, 9.17) is 0 Å². The van der Waals surface area contributed by atoms with Gasteiger partial charge in [0.25, 0.3) is 0 Å². The first kappa shape index (κ1) is 24.5. The quantitative estimate of drug-likeness (QED) is 0.479. The molecule has 33 heavy (non-hydrogen) atoms. The summed E-state index contributed by atoms with van der Waals surface area (Å²) in [5, 5.41) is 6.51. The van der Waals surface area contributed by atoms with Crippen LogP contribution in [0.5, 0.6) is 0 Å². The van der Waals surface area contributed by atoms with Gasteiger partial charge in [0, 0.05) is 52.4 Å². The number of hydrogen-bond donors (Lipinski definition) is 2. The number of benzene rings is 1. The van der Waals surface area contributed by atoms with Gasteiger partial charge < -0.3 is 15.5 Å². The lowest BCUT2D eigenvalue weighted by Gasteiger charge is -2.26. The van der Waals surface area contributed by atoms with Crippen molar-refractivity contribution in [2.24, 2.45) is 16.3 Å². The zero-order valence-corrected chi connectivity index (χ0v) is 20.2. The van der Waals surface area contributed by atoms with Gasteiger partial charge in [-0.3, -0.25) is 9.79 Å². The van der Waals surface area contributed by atoms with Crippen LogP contribution in [0.15, 0.2) is 77.0 Å². The van der Waals surface area contributed by atoms with Crippen molar-refractivity contribution in [1.29, 1.82) is 0 Å². The minimum absolute atomic E-state index is 0. The number of carbonyl (C=O) groups is 1. The van der Waals surface area contributed by atoms with E-state index < -0.39 is 0 Å². The Hall–Kier alpha value is -3.15. The summed E-state index contributed by atoms with van der Waals surface area (Å²) in [6.07, 6.45) is 11.7. The average Bonchev–Trinajstić information content (AvgIpc) is 2.77. The van der Waals surface area contributed by atoms with E-state index in [0.717, 1.165) is 29.2 Å². The van der Waals surface area contributed by atoms with Crippen molar-refractivity contribution in [3.63, 3.8) is 0 Å². The van der Waals surface area contributed by atoms with E-state index in [0.29, 0.717) is 12.8 Å². The average molecular weight is 455 g/mol. The van der Waals surface area contributed by atoms with E-state index in [1.54, 1.807) is 6.08 Å². The maximum absolute atomic E-state index is 13.3. The summed E-state index contributed by atoms with van der Waals surface area (Å²) in [6, 6.07) is 7.90. The number of aliphatic imine (C=N–C) groups is 1. The molecule has 1 aliphatic carbocycles. The van der Waals surface area contributed by atoms with Crippen molar-refractivity contribution in [2.75, 3.05) is 18.9 Å². The van der Waals surface area contributed by atoms with E-state index in [1.165, 1.54) is 12.2 Å². The van der Waals surface area contributed by atoms with Crippen molar-refractivity contribution in [2.45, 2.75) is 46.6 Å². The fraction of sp³-hybridized carbons (Fsp3) is 0.407. The molecule has 3 rings (SSSR count). The predicted molar refractivity (Wildman–Crippen MR) is 139 cm³/mol. The Bertz CT molecular complexity index is 1030. The molecule has 2 aliphatic rings. The molecule has 1 aliphatic heterocycles. The molecule has 3 atom stereocenters. The maximum Gasteiger partial charge on any atom is 0.225 e. The molecule has 0 radical (unpaired) electrons. The number of nitrogens with one attached hydrogen (secondary N) is 2. The van der Waals surface area contributed by atoms with Crippen LogP contribution in [0.3, 0.4) is 0 Å². The van der Waals surface area contributed by atoms with Gasteiger partial charge in [-0.05, 0) is 55.5 Å². The Morgan fingerprint density at radius 1 is 1.45 bits per heavy atom. The lowest BCUT2D eigenvalue weighted by atomic mass is 9.80. The molecule has 2 N–H and O–H groups in total. The number of hydrogen-bond acceptors (Lipinski definition) is 4. The van der Waals surface area contributed by atoms with Gasteiger partial charge in [-0.1, -0.05) is 38.1 Å². The maximum atomic E-state index is 13.3. The van der Waals surface area contributed by atoms with E-state index in [9.17, 15) is 9.18 Å². The lowest BCUT2D eigenvalue weighted by Crippen LogP contribution is -2.24. The summed E-state index contributed by atoms with van der Waals surface area (Å²) in [4.78, 5) is 19.4. The Morgan fingerprint density at radius 3 is 2.91 bits per heavy atom. The molecule has 0 fully saturated rings. The first-order valence-electron chi connectivity index (χ1n) is 11.6. The van der Waals surface area contributed by atoms with Gasteiger partial charge in [-0.2, -0.15) is 0 Å². The molecule has 180 valence electrons. The highest BCUT2D eigenvalue weighted by molar-refractivity contribution is 5.91. The molecule has 0 saturated heterocycles. The first-order chi connectivity index (χ1) is 15.7. The summed E-state index contributed by atoms with van der Waals surface area (Å²) in [5.74, 6) is -0.0964. The van der Waals surface area contributed by atoms with Crippen LogP contribution in [0.4, 0.5) is 10.1 Å². The fourth-order valence-corrected chi connectivity index (χ4v) is 3.88. The molecule has 0 aromatic heterocycles. The van der Waals surface area contributed by atoms with E-state index in [1.807, 2.05) is 44.5 Å². The van der Waals surface area contributed by atoms with Crippen LogP contribution in [0.2, 0.25) is 0 Å². The lowest BCUT2D eigenvalue weighted by molar-refractivity contribution is -0.117. The molecular weight excluding hydrogens is 415 g/mol. The van der Waals surface area contributed by atoms with Crippen molar-refractivity contribution in [1.82, 2.24) is 10.2 Å². The number of nitrogens with zero attached hydrogens (tertiary/aromatic N) is 2. The summed E-state index contributed by atoms with van der Waals surface area (Å²) in [7, 11) is 2.05. The first-order valence-corrected chi connectivity index (χ1v) is 11.6. The van der Waals surface area contributed by atoms with Gasteiger partial charge in [0.15, 0.2) is 0 Å². The second-order valence-corrected chi connectivity index (χ2v) is 9.29. The smallest absolute Gasteiger partial charge is 0.225 e. The highest BCUT2D eigenvalue weighted by Gasteiger charge is 2.26. The van der Waals surface area contributed by atoms with Crippen LogP contribution in [-0.2, 0) is 4.79 Å². The van der Waals surface area contributed by atoms with E-state index in [-0.39, 0.29) is 32.0 Å². The van der Waals surface area contributed by atoms with Crippen molar-refractivity contribution in [3.05, 3.63) is 77.6 Å². The van der Waals surface area contributed by atoms with Gasteiger partial charge in [-0.25, -0.2) is 4.39 Å². The molecular formula is C27H39FN4O. The number of carbonyl (C=O) groups excluding carboxylic acids is 1. The number of rotatable bonds is 8. The van der Waals surface area contributed by atoms with Crippen molar-refractivity contribution >= 4 is 17.8 Å². The Labute approximate surface area is 199 Å². The topological polar surface area (TPSA) is 56.7 Å². The van der Waals surface area contributed by atoms with Gasteiger partial charge >= 0.3 is 0 Å². The molecule has 1 aromatic carbocycles. The molecule has 1 amide bonds. The second-order valence-electron chi connectivity index (χ2n) is 9.29. The molecule has 0 spiro atoms. The molecule has 0 bridgehead atoms. The molecule has 1 heterocycles. The third kappa shape index (κ3) is 6.91. The Balaban J connectivity index is 0.00000306.